The van der Waals surface area contributed by atoms with Gasteiger partial charge in [-0.15, -0.1) is 0 Å². The molecular formula is C42H53FN8O6. The number of halogens is 1. The SMILES string of the molecule is C[C@@H](C(=O)N[C@H](C(=O)N1C[C@@H](NC(=O)c2ccccc2)C[C@H]1CN(CCc1ccc(F)cc1)C(=O)c1cn2cccnc2n1)C(C)(C)C)N(C)C(=O)OC(C)(C)C. The number of nitrogens with one attached hydrogen (secondary N) is 2. The van der Waals surface area contributed by atoms with E-state index in [9.17, 15) is 28.4 Å². The summed E-state index contributed by atoms with van der Waals surface area (Å²) in [6.45, 7) is 12.6. The van der Waals surface area contributed by atoms with Crippen LogP contribution in [0.3, 0.4) is 0 Å². The van der Waals surface area contributed by atoms with Crippen molar-refractivity contribution in [3.8, 4) is 0 Å². The zero-order valence-corrected chi connectivity index (χ0v) is 33.9. The van der Waals surface area contributed by atoms with Crippen LogP contribution >= 0.6 is 0 Å². The summed E-state index contributed by atoms with van der Waals surface area (Å²) < 4.78 is 20.9. The summed E-state index contributed by atoms with van der Waals surface area (Å²) in [5.74, 6) is -1.71. The van der Waals surface area contributed by atoms with E-state index in [4.69, 9.17) is 4.74 Å². The standard InChI is InChI=1S/C42H53FN8O6/c1-27(48(8)40(56)57-42(5,6)7)35(52)47-34(41(2,3)4)38(55)51-24-31(45-36(53)29-13-10-9-11-14-29)23-32(51)25-49(22-19-28-15-17-30(43)18-16-28)37(54)33-26-50-21-12-20-44-39(50)46-33/h9-18,20-21,26-27,31-32,34H,19,22-25H2,1-8H3,(H,45,53)(H,47,52)/t27-,31-,32-,34+/m0/s1. The van der Waals surface area contributed by atoms with E-state index in [0.29, 0.717) is 24.2 Å². The first-order chi connectivity index (χ1) is 26.8. The van der Waals surface area contributed by atoms with Crippen molar-refractivity contribution < 1.29 is 33.1 Å². The van der Waals surface area contributed by atoms with Crippen LogP contribution in [-0.2, 0) is 20.7 Å². The molecule has 0 saturated carbocycles. The molecule has 2 N–H and O–H groups in total. The Hall–Kier alpha value is -5.86. The van der Waals surface area contributed by atoms with Gasteiger partial charge in [0.1, 0.15) is 29.2 Å². The summed E-state index contributed by atoms with van der Waals surface area (Å²) >= 11 is 0. The number of ether oxygens (including phenoxy) is 1. The molecule has 14 nitrogen and oxygen atoms in total. The monoisotopic (exact) mass is 784 g/mol. The van der Waals surface area contributed by atoms with E-state index in [2.05, 4.69) is 20.6 Å². The first-order valence-electron chi connectivity index (χ1n) is 19.1. The normalized spacial score (nSPS) is 16.8. The molecule has 57 heavy (non-hydrogen) atoms. The molecule has 304 valence electrons. The van der Waals surface area contributed by atoms with Gasteiger partial charge in [0.05, 0.1) is 6.04 Å². The highest BCUT2D eigenvalue weighted by molar-refractivity contribution is 5.95. The third kappa shape index (κ3) is 10.9. The number of amides is 5. The van der Waals surface area contributed by atoms with Gasteiger partial charge in [0.2, 0.25) is 17.6 Å². The third-order valence-corrected chi connectivity index (χ3v) is 9.87. The maximum Gasteiger partial charge on any atom is 0.410 e. The van der Waals surface area contributed by atoms with Gasteiger partial charge in [-0.05, 0) is 81.8 Å². The van der Waals surface area contributed by atoms with E-state index in [1.165, 1.54) is 24.1 Å². The number of carbonyl (C=O) groups is 5. The first-order valence-corrected chi connectivity index (χ1v) is 19.1. The molecule has 2 aromatic heterocycles. The Morgan fingerprint density at radius 3 is 2.30 bits per heavy atom. The lowest BCUT2D eigenvalue weighted by Crippen LogP contribution is -2.60. The topological polar surface area (TPSA) is 159 Å². The third-order valence-electron chi connectivity index (χ3n) is 9.87. The second kappa shape index (κ2) is 17.5. The van der Waals surface area contributed by atoms with Crippen molar-refractivity contribution in [1.82, 2.24) is 39.7 Å². The number of likely N-dealkylation sites (tertiary alicyclic amines) is 1. The van der Waals surface area contributed by atoms with Crippen molar-refractivity contribution >= 4 is 35.5 Å². The van der Waals surface area contributed by atoms with Crippen LogP contribution in [0.25, 0.3) is 5.78 Å². The summed E-state index contributed by atoms with van der Waals surface area (Å²) in [7, 11) is 1.46. The number of hydrogen-bond acceptors (Lipinski definition) is 8. The second-order valence-corrected chi connectivity index (χ2v) is 16.6. The van der Waals surface area contributed by atoms with Crippen LogP contribution in [0.2, 0.25) is 0 Å². The van der Waals surface area contributed by atoms with Gasteiger partial charge in [0.25, 0.3) is 11.8 Å². The number of benzene rings is 2. The number of hydrogen-bond donors (Lipinski definition) is 2. The molecule has 2 aromatic carbocycles. The van der Waals surface area contributed by atoms with E-state index in [-0.39, 0.29) is 37.1 Å². The van der Waals surface area contributed by atoms with E-state index >= 15 is 0 Å². The largest absolute Gasteiger partial charge is 0.444 e. The number of carbonyl (C=O) groups excluding carboxylic acids is 5. The summed E-state index contributed by atoms with van der Waals surface area (Å²) in [5.41, 5.74) is -0.161. The number of fused-ring (bicyclic) bond motifs is 1. The Morgan fingerprint density at radius 2 is 1.67 bits per heavy atom. The minimum atomic E-state index is -1.06. The van der Waals surface area contributed by atoms with Gasteiger partial charge in [-0.25, -0.2) is 19.2 Å². The molecule has 1 aliphatic rings. The van der Waals surface area contributed by atoms with Gasteiger partial charge in [0.15, 0.2) is 0 Å². The fourth-order valence-corrected chi connectivity index (χ4v) is 6.61. The maximum atomic E-state index is 14.8. The molecule has 1 saturated heterocycles. The van der Waals surface area contributed by atoms with Gasteiger partial charge in [0, 0.05) is 56.9 Å². The Balaban J connectivity index is 1.45. The predicted octanol–water partition coefficient (Wildman–Crippen LogP) is 4.74. The summed E-state index contributed by atoms with van der Waals surface area (Å²) in [6.07, 6.45) is 4.91. The molecule has 0 aliphatic carbocycles. The van der Waals surface area contributed by atoms with Crippen molar-refractivity contribution in [1.29, 1.82) is 0 Å². The Kier molecular flexibility index (Phi) is 13.0. The molecular weight excluding hydrogens is 732 g/mol. The van der Waals surface area contributed by atoms with Crippen molar-refractivity contribution in [3.05, 3.63) is 102 Å². The van der Waals surface area contributed by atoms with E-state index < -0.39 is 59.0 Å². The number of nitrogens with zero attached hydrogens (tertiary/aromatic N) is 6. The van der Waals surface area contributed by atoms with Crippen molar-refractivity contribution in [3.63, 3.8) is 0 Å². The molecule has 4 aromatic rings. The lowest BCUT2D eigenvalue weighted by Gasteiger charge is -2.38. The van der Waals surface area contributed by atoms with E-state index in [0.717, 1.165) is 5.56 Å². The molecule has 15 heteroatoms. The molecule has 5 amide bonds. The van der Waals surface area contributed by atoms with Crippen LogP contribution in [-0.4, -0.2) is 115 Å². The number of aromatic nitrogens is 3. The highest BCUT2D eigenvalue weighted by Gasteiger charge is 2.44. The number of imidazole rings is 1. The van der Waals surface area contributed by atoms with Crippen LogP contribution in [0.5, 0.6) is 0 Å². The minimum absolute atomic E-state index is 0.0629. The van der Waals surface area contributed by atoms with E-state index in [1.54, 1.807) is 103 Å². The van der Waals surface area contributed by atoms with Gasteiger partial charge in [-0.3, -0.25) is 28.5 Å². The van der Waals surface area contributed by atoms with Crippen molar-refractivity contribution in [2.75, 3.05) is 26.7 Å². The molecule has 1 fully saturated rings. The molecule has 4 atom stereocenters. The Labute approximate surface area is 332 Å². The Morgan fingerprint density at radius 1 is 0.982 bits per heavy atom. The Bertz CT molecular complexity index is 2030. The van der Waals surface area contributed by atoms with E-state index in [1.807, 2.05) is 26.8 Å². The number of rotatable bonds is 12. The molecule has 0 bridgehead atoms. The van der Waals surface area contributed by atoms with Crippen LogP contribution in [0.4, 0.5) is 9.18 Å². The zero-order chi connectivity index (χ0) is 41.7. The summed E-state index contributed by atoms with van der Waals surface area (Å²) in [6, 6.07) is 13.4. The van der Waals surface area contributed by atoms with Gasteiger partial charge >= 0.3 is 6.09 Å². The second-order valence-electron chi connectivity index (χ2n) is 16.6. The lowest BCUT2D eigenvalue weighted by atomic mass is 9.85. The lowest BCUT2D eigenvalue weighted by molar-refractivity contribution is -0.141. The highest BCUT2D eigenvalue weighted by Crippen LogP contribution is 2.28. The summed E-state index contributed by atoms with van der Waals surface area (Å²) in [4.78, 5) is 82.2. The number of likely N-dealkylation sites (N-methyl/N-ethyl adjacent to an activating group) is 1. The molecule has 3 heterocycles. The van der Waals surface area contributed by atoms with Gasteiger partial charge < -0.3 is 25.2 Å². The quantitative estimate of drug-likeness (QED) is 0.209. The van der Waals surface area contributed by atoms with Crippen molar-refractivity contribution in [2.45, 2.75) is 91.1 Å². The van der Waals surface area contributed by atoms with Crippen molar-refractivity contribution in [2.24, 2.45) is 5.41 Å². The zero-order valence-electron chi connectivity index (χ0n) is 33.9. The summed E-state index contributed by atoms with van der Waals surface area (Å²) in [5, 5.41) is 5.97. The average Bonchev–Trinajstić information content (AvgIpc) is 3.78. The smallest absolute Gasteiger partial charge is 0.410 e. The molecule has 5 rings (SSSR count). The minimum Gasteiger partial charge on any atom is -0.444 e. The predicted molar refractivity (Wildman–Crippen MR) is 212 cm³/mol. The molecule has 0 radical (unpaired) electrons. The maximum absolute atomic E-state index is 14.8. The molecule has 0 spiro atoms. The fourth-order valence-electron chi connectivity index (χ4n) is 6.61. The fraction of sp³-hybridized carbons (Fsp3) is 0.452. The van der Waals surface area contributed by atoms with Gasteiger partial charge in [-0.1, -0.05) is 51.1 Å². The van der Waals surface area contributed by atoms with Crippen LogP contribution < -0.4 is 10.6 Å². The average molecular weight is 785 g/mol. The van der Waals surface area contributed by atoms with Crippen LogP contribution in [0.15, 0.2) is 79.3 Å². The van der Waals surface area contributed by atoms with Crippen LogP contribution in [0.1, 0.15) is 81.3 Å². The molecule has 0 unspecified atom stereocenters. The van der Waals surface area contributed by atoms with Crippen LogP contribution in [0, 0.1) is 11.2 Å². The molecule has 1 aliphatic heterocycles. The highest BCUT2D eigenvalue weighted by atomic mass is 19.1. The first kappa shape index (κ1) is 42.3. The van der Waals surface area contributed by atoms with Gasteiger partial charge in [-0.2, -0.15) is 0 Å².